The lowest BCUT2D eigenvalue weighted by atomic mass is 9.89. The SMILES string of the molecule is CCCOc1ccc(C(C)(C(=O)O)N(C=O)C(C)C)cc1. The Labute approximate surface area is 125 Å². The molecular formula is C16H23NO4. The molecule has 0 radical (unpaired) electrons. The quantitative estimate of drug-likeness (QED) is 0.748. The predicted octanol–water partition coefficient (Wildman–Crippen LogP) is 2.64. The van der Waals surface area contributed by atoms with Gasteiger partial charge in [0.2, 0.25) is 6.41 Å². The number of hydrogen-bond donors (Lipinski definition) is 1. The highest BCUT2D eigenvalue weighted by atomic mass is 16.5. The van der Waals surface area contributed by atoms with E-state index in [4.69, 9.17) is 4.74 Å². The molecule has 0 heterocycles. The van der Waals surface area contributed by atoms with Gasteiger partial charge in [-0.3, -0.25) is 4.79 Å². The number of amides is 1. The zero-order valence-corrected chi connectivity index (χ0v) is 13.0. The molecule has 0 saturated heterocycles. The summed E-state index contributed by atoms with van der Waals surface area (Å²) < 4.78 is 5.49. The zero-order valence-electron chi connectivity index (χ0n) is 13.0. The van der Waals surface area contributed by atoms with Crippen molar-refractivity contribution < 1.29 is 19.4 Å². The van der Waals surface area contributed by atoms with E-state index in [2.05, 4.69) is 0 Å². The maximum absolute atomic E-state index is 11.8. The highest BCUT2D eigenvalue weighted by Gasteiger charge is 2.42. The third kappa shape index (κ3) is 3.54. The van der Waals surface area contributed by atoms with Crippen LogP contribution in [0, 0.1) is 0 Å². The smallest absolute Gasteiger partial charge is 0.334 e. The second-order valence-corrected chi connectivity index (χ2v) is 5.36. The first-order valence-electron chi connectivity index (χ1n) is 7.08. The van der Waals surface area contributed by atoms with Gasteiger partial charge in [-0.1, -0.05) is 19.1 Å². The minimum Gasteiger partial charge on any atom is -0.494 e. The van der Waals surface area contributed by atoms with E-state index in [1.54, 1.807) is 38.1 Å². The Morgan fingerprint density at radius 2 is 1.95 bits per heavy atom. The molecule has 0 aromatic heterocycles. The molecule has 0 saturated carbocycles. The second-order valence-electron chi connectivity index (χ2n) is 5.36. The van der Waals surface area contributed by atoms with Gasteiger partial charge in [-0.25, -0.2) is 4.79 Å². The summed E-state index contributed by atoms with van der Waals surface area (Å²) in [6.45, 7) is 7.73. The number of carboxylic acid groups (broad SMARTS) is 1. The van der Waals surface area contributed by atoms with Crippen LogP contribution in [-0.2, 0) is 15.1 Å². The first-order chi connectivity index (χ1) is 9.87. The molecule has 1 amide bonds. The third-order valence-electron chi connectivity index (χ3n) is 3.49. The Kier molecular flexibility index (Phi) is 5.76. The second kappa shape index (κ2) is 7.11. The fraction of sp³-hybridized carbons (Fsp3) is 0.500. The van der Waals surface area contributed by atoms with Crippen LogP contribution >= 0.6 is 0 Å². The van der Waals surface area contributed by atoms with Crippen molar-refractivity contribution in [2.45, 2.75) is 45.7 Å². The monoisotopic (exact) mass is 293 g/mol. The fourth-order valence-corrected chi connectivity index (χ4v) is 2.22. The van der Waals surface area contributed by atoms with Crippen molar-refractivity contribution in [3.63, 3.8) is 0 Å². The average Bonchev–Trinajstić information content (AvgIpc) is 2.45. The molecule has 0 bridgehead atoms. The van der Waals surface area contributed by atoms with Crippen molar-refractivity contribution >= 4 is 12.4 Å². The molecule has 5 nitrogen and oxygen atoms in total. The molecule has 0 aliphatic heterocycles. The minimum atomic E-state index is -1.40. The van der Waals surface area contributed by atoms with Gasteiger partial charge in [0, 0.05) is 6.04 Å². The summed E-state index contributed by atoms with van der Waals surface area (Å²) in [5.41, 5.74) is -0.862. The van der Waals surface area contributed by atoms with Crippen LogP contribution in [0.1, 0.15) is 39.7 Å². The van der Waals surface area contributed by atoms with Gasteiger partial charge in [-0.2, -0.15) is 0 Å². The van der Waals surface area contributed by atoms with Gasteiger partial charge in [0.15, 0.2) is 5.54 Å². The molecule has 1 aromatic rings. The van der Waals surface area contributed by atoms with Gasteiger partial charge < -0.3 is 14.7 Å². The van der Waals surface area contributed by atoms with Gasteiger partial charge in [-0.05, 0) is 44.9 Å². The summed E-state index contributed by atoms with van der Waals surface area (Å²) in [5.74, 6) is -0.374. The van der Waals surface area contributed by atoms with E-state index in [0.29, 0.717) is 24.3 Å². The van der Waals surface area contributed by atoms with Gasteiger partial charge in [0.1, 0.15) is 5.75 Å². The topological polar surface area (TPSA) is 66.8 Å². The van der Waals surface area contributed by atoms with Gasteiger partial charge in [0.05, 0.1) is 6.61 Å². The Morgan fingerprint density at radius 1 is 1.38 bits per heavy atom. The summed E-state index contributed by atoms with van der Waals surface area (Å²) in [4.78, 5) is 24.4. The lowest BCUT2D eigenvalue weighted by molar-refractivity contribution is -0.156. The summed E-state index contributed by atoms with van der Waals surface area (Å²) in [6.07, 6.45) is 1.49. The van der Waals surface area contributed by atoms with Crippen LogP contribution in [0.4, 0.5) is 0 Å². The Bertz CT molecular complexity index is 484. The maximum Gasteiger partial charge on any atom is 0.334 e. The summed E-state index contributed by atoms with van der Waals surface area (Å²) in [6, 6.07) is 6.63. The van der Waals surface area contributed by atoms with Crippen LogP contribution in [0.25, 0.3) is 0 Å². The van der Waals surface area contributed by atoms with E-state index in [1.165, 1.54) is 11.8 Å². The number of hydrogen-bond acceptors (Lipinski definition) is 3. The van der Waals surface area contributed by atoms with Crippen molar-refractivity contribution in [3.05, 3.63) is 29.8 Å². The number of carbonyl (C=O) groups excluding carboxylic acids is 1. The number of benzene rings is 1. The number of rotatable bonds is 8. The Hall–Kier alpha value is -2.04. The summed E-state index contributed by atoms with van der Waals surface area (Å²) in [5, 5.41) is 9.62. The molecule has 0 spiro atoms. The lowest BCUT2D eigenvalue weighted by Crippen LogP contribution is -2.52. The van der Waals surface area contributed by atoms with Crippen molar-refractivity contribution in [3.8, 4) is 5.75 Å². The molecule has 1 atom stereocenters. The van der Waals surface area contributed by atoms with Gasteiger partial charge >= 0.3 is 5.97 Å². The van der Waals surface area contributed by atoms with Crippen molar-refractivity contribution in [2.24, 2.45) is 0 Å². The van der Waals surface area contributed by atoms with Crippen molar-refractivity contribution in [2.75, 3.05) is 6.61 Å². The van der Waals surface area contributed by atoms with E-state index < -0.39 is 11.5 Å². The first kappa shape index (κ1) is 17.0. The molecule has 5 heteroatoms. The van der Waals surface area contributed by atoms with Crippen LogP contribution in [0.3, 0.4) is 0 Å². The molecule has 0 aliphatic carbocycles. The molecule has 0 fully saturated rings. The summed E-state index contributed by atoms with van der Waals surface area (Å²) in [7, 11) is 0. The molecule has 1 rings (SSSR count). The Morgan fingerprint density at radius 3 is 2.33 bits per heavy atom. The average molecular weight is 293 g/mol. The lowest BCUT2D eigenvalue weighted by Gasteiger charge is -2.38. The molecule has 1 aromatic carbocycles. The standard InChI is InChI=1S/C16H23NO4/c1-5-10-21-14-8-6-13(7-9-14)16(4,15(19)20)17(11-18)12(2)3/h6-9,11-12H,5,10H2,1-4H3,(H,19,20). The van der Waals surface area contributed by atoms with E-state index >= 15 is 0 Å². The van der Waals surface area contributed by atoms with Crippen LogP contribution < -0.4 is 4.74 Å². The predicted molar refractivity (Wildman–Crippen MR) is 80.3 cm³/mol. The number of carbonyl (C=O) groups is 2. The molecule has 116 valence electrons. The van der Waals surface area contributed by atoms with Gasteiger partial charge in [-0.15, -0.1) is 0 Å². The third-order valence-corrected chi connectivity index (χ3v) is 3.49. The number of carboxylic acids is 1. The van der Waals surface area contributed by atoms with Crippen LogP contribution in [0.2, 0.25) is 0 Å². The van der Waals surface area contributed by atoms with E-state index in [1.807, 2.05) is 6.92 Å². The molecule has 0 aliphatic rings. The van der Waals surface area contributed by atoms with E-state index in [9.17, 15) is 14.7 Å². The van der Waals surface area contributed by atoms with Crippen LogP contribution in [0.15, 0.2) is 24.3 Å². The zero-order chi connectivity index (χ0) is 16.0. The summed E-state index contributed by atoms with van der Waals surface area (Å²) >= 11 is 0. The number of nitrogens with zero attached hydrogens (tertiary/aromatic N) is 1. The highest BCUT2D eigenvalue weighted by Crippen LogP contribution is 2.30. The van der Waals surface area contributed by atoms with Crippen molar-refractivity contribution in [1.82, 2.24) is 4.90 Å². The van der Waals surface area contributed by atoms with Crippen LogP contribution in [0.5, 0.6) is 5.75 Å². The highest BCUT2D eigenvalue weighted by molar-refractivity contribution is 5.83. The fourth-order valence-electron chi connectivity index (χ4n) is 2.22. The van der Waals surface area contributed by atoms with E-state index in [-0.39, 0.29) is 6.04 Å². The minimum absolute atomic E-state index is 0.223. The number of aliphatic carboxylic acids is 1. The number of ether oxygens (including phenoxy) is 1. The first-order valence-corrected chi connectivity index (χ1v) is 7.08. The molecule has 1 unspecified atom stereocenters. The maximum atomic E-state index is 11.8. The molecule has 21 heavy (non-hydrogen) atoms. The largest absolute Gasteiger partial charge is 0.494 e. The van der Waals surface area contributed by atoms with Crippen molar-refractivity contribution in [1.29, 1.82) is 0 Å². The molecular weight excluding hydrogens is 270 g/mol. The van der Waals surface area contributed by atoms with E-state index in [0.717, 1.165) is 6.42 Å². The van der Waals surface area contributed by atoms with Crippen LogP contribution in [-0.4, -0.2) is 35.0 Å². The van der Waals surface area contributed by atoms with Gasteiger partial charge in [0.25, 0.3) is 0 Å². The Balaban J connectivity index is 3.16. The molecule has 1 N–H and O–H groups in total. The normalized spacial score (nSPS) is 13.6.